The van der Waals surface area contributed by atoms with Gasteiger partial charge in [0.15, 0.2) is 0 Å². The van der Waals surface area contributed by atoms with Gasteiger partial charge in [-0.2, -0.15) is 13.9 Å². The molecule has 3 aliphatic rings. The molecule has 3 fully saturated rings. The summed E-state index contributed by atoms with van der Waals surface area (Å²) in [6, 6.07) is 6.24. The normalized spacial score (nSPS) is 26.9. The number of hydrogen-bond donors (Lipinski definition) is 1. The number of halogens is 3. The van der Waals surface area contributed by atoms with Gasteiger partial charge < -0.3 is 10.1 Å². The van der Waals surface area contributed by atoms with Crippen molar-refractivity contribution in [3.8, 4) is 5.75 Å². The largest absolute Gasteiger partial charge is 0.490 e. The Kier molecular flexibility index (Phi) is 4.81. The number of nitrogens with one attached hydrogen (secondary N) is 1. The van der Waals surface area contributed by atoms with Crippen LogP contribution in [0.4, 0.5) is 18.9 Å². The fourth-order valence-electron chi connectivity index (χ4n) is 5.74. The highest BCUT2D eigenvalue weighted by Crippen LogP contribution is 2.64. The van der Waals surface area contributed by atoms with Crippen LogP contribution in [-0.4, -0.2) is 26.8 Å². The number of ether oxygens (including phenoxy) is 1. The summed E-state index contributed by atoms with van der Waals surface area (Å²) >= 11 is 0. The lowest BCUT2D eigenvalue weighted by molar-refractivity contribution is -0.121. The molecule has 0 spiro atoms. The zero-order valence-corrected chi connectivity index (χ0v) is 17.7. The van der Waals surface area contributed by atoms with Crippen LogP contribution in [0, 0.1) is 35.4 Å². The van der Waals surface area contributed by atoms with Crippen LogP contribution in [0.2, 0.25) is 0 Å². The smallest absolute Gasteiger partial charge is 0.333 e. The molecule has 1 aromatic carbocycles. The molecule has 3 aliphatic carbocycles. The summed E-state index contributed by atoms with van der Waals surface area (Å²) in [6.07, 6.45) is 7.87. The minimum Gasteiger partial charge on any atom is -0.490 e. The summed E-state index contributed by atoms with van der Waals surface area (Å²) in [4.78, 5) is 17.3. The number of benzene rings is 1. The predicted octanol–water partition coefficient (Wildman–Crippen LogP) is 5.03. The molecular formula is C24H23F3N4O2. The van der Waals surface area contributed by atoms with Crippen LogP contribution in [0.1, 0.15) is 32.2 Å². The molecule has 0 aliphatic heterocycles. The number of fused-ring (bicyclic) bond motifs is 2. The van der Waals surface area contributed by atoms with Gasteiger partial charge >= 0.3 is 6.55 Å². The van der Waals surface area contributed by atoms with Crippen molar-refractivity contribution in [2.24, 2.45) is 29.6 Å². The minimum absolute atomic E-state index is 0.0253. The number of anilines is 1. The number of rotatable bonds is 7. The Morgan fingerprint density at radius 2 is 1.97 bits per heavy atom. The molecule has 33 heavy (non-hydrogen) atoms. The lowest BCUT2D eigenvalue weighted by atomic mass is 9.91. The number of alkyl halides is 2. The first-order valence-electron chi connectivity index (χ1n) is 11.3. The first-order chi connectivity index (χ1) is 16.0. The first-order valence-corrected chi connectivity index (χ1v) is 11.3. The van der Waals surface area contributed by atoms with E-state index in [2.05, 4.69) is 15.4 Å². The highest BCUT2D eigenvalue weighted by Gasteiger charge is 2.63. The number of aromatic nitrogens is 3. The second kappa shape index (κ2) is 7.74. The Morgan fingerprint density at radius 1 is 1.18 bits per heavy atom. The summed E-state index contributed by atoms with van der Waals surface area (Å²) in [5.74, 6) is 1.60. The van der Waals surface area contributed by atoms with Gasteiger partial charge in [0.05, 0.1) is 29.7 Å². The van der Waals surface area contributed by atoms with Crippen molar-refractivity contribution in [2.75, 3.05) is 5.32 Å². The highest BCUT2D eigenvalue weighted by molar-refractivity contribution is 5.93. The van der Waals surface area contributed by atoms with Gasteiger partial charge in [0.25, 0.3) is 0 Å². The van der Waals surface area contributed by atoms with Gasteiger partial charge in [0.1, 0.15) is 11.6 Å². The van der Waals surface area contributed by atoms with Crippen molar-refractivity contribution in [1.82, 2.24) is 14.8 Å². The Bertz CT molecular complexity index is 1200. The molecule has 172 valence electrons. The second-order valence-electron chi connectivity index (χ2n) is 9.43. The number of hydrogen-bond acceptors (Lipinski definition) is 4. The number of amides is 1. The molecule has 0 radical (unpaired) electrons. The maximum Gasteiger partial charge on any atom is 0.333 e. The molecule has 3 unspecified atom stereocenters. The maximum absolute atomic E-state index is 13.7. The fourth-order valence-corrected chi connectivity index (χ4v) is 5.74. The Balaban J connectivity index is 1.11. The zero-order chi connectivity index (χ0) is 22.7. The van der Waals surface area contributed by atoms with E-state index in [0.29, 0.717) is 50.7 Å². The molecule has 3 saturated carbocycles. The standard InChI is InChI=1S/C24H23F3N4O2/c25-13-3-4-19-18(7-13)20(5-6-28-19)33-15-8-16-17(9-15)22(16)21(12-1-2-12)23(32)30-14-10-29-31(11-14)24(26)27/h3-7,10-12,15-17,21-22,24H,1-2,8-9H2,(H,30,32)/t15?,16-,17+,21?,22?. The number of carbonyl (C=O) groups excluding carboxylic acids is 1. The lowest BCUT2D eigenvalue weighted by Crippen LogP contribution is -2.29. The number of nitrogens with zero attached hydrogens (tertiary/aromatic N) is 3. The van der Waals surface area contributed by atoms with Crippen molar-refractivity contribution >= 4 is 22.5 Å². The van der Waals surface area contributed by atoms with Crippen molar-refractivity contribution in [3.63, 3.8) is 0 Å². The van der Waals surface area contributed by atoms with Crippen LogP contribution in [0.5, 0.6) is 5.75 Å². The van der Waals surface area contributed by atoms with Crippen LogP contribution < -0.4 is 10.1 Å². The third kappa shape index (κ3) is 3.83. The molecule has 5 atom stereocenters. The average Bonchev–Trinajstić information content (AvgIpc) is 3.62. The lowest BCUT2D eigenvalue weighted by Gasteiger charge is -2.22. The van der Waals surface area contributed by atoms with Crippen molar-refractivity contribution < 1.29 is 22.7 Å². The molecule has 3 aromatic rings. The van der Waals surface area contributed by atoms with Crippen molar-refractivity contribution in [2.45, 2.75) is 38.3 Å². The van der Waals surface area contributed by atoms with Crippen LogP contribution in [0.25, 0.3) is 10.9 Å². The topological polar surface area (TPSA) is 69.0 Å². The van der Waals surface area contributed by atoms with E-state index in [1.807, 2.05) is 0 Å². The summed E-state index contributed by atoms with van der Waals surface area (Å²) < 4.78 is 46.0. The van der Waals surface area contributed by atoms with Gasteiger partial charge in [-0.05, 0) is 73.6 Å². The van der Waals surface area contributed by atoms with Crippen LogP contribution in [-0.2, 0) is 4.79 Å². The summed E-state index contributed by atoms with van der Waals surface area (Å²) in [5.41, 5.74) is 0.991. The van der Waals surface area contributed by atoms with Gasteiger partial charge in [-0.3, -0.25) is 9.78 Å². The monoisotopic (exact) mass is 456 g/mol. The van der Waals surface area contributed by atoms with E-state index in [1.165, 1.54) is 18.3 Å². The number of pyridine rings is 1. The number of carbonyl (C=O) groups is 1. The molecular weight excluding hydrogens is 433 g/mol. The van der Waals surface area contributed by atoms with E-state index in [4.69, 9.17) is 4.74 Å². The quantitative estimate of drug-likeness (QED) is 0.541. The highest BCUT2D eigenvalue weighted by atomic mass is 19.3. The van der Waals surface area contributed by atoms with E-state index in [9.17, 15) is 18.0 Å². The summed E-state index contributed by atoms with van der Waals surface area (Å²) in [6.45, 7) is -2.73. The predicted molar refractivity (Wildman–Crippen MR) is 114 cm³/mol. The zero-order valence-electron chi connectivity index (χ0n) is 17.7. The van der Waals surface area contributed by atoms with E-state index >= 15 is 0 Å². The molecule has 1 amide bonds. The third-order valence-corrected chi connectivity index (χ3v) is 7.34. The van der Waals surface area contributed by atoms with Crippen LogP contribution in [0.15, 0.2) is 42.9 Å². The molecule has 2 heterocycles. The molecule has 2 aromatic heterocycles. The van der Waals surface area contributed by atoms with Gasteiger partial charge in [0.2, 0.25) is 5.91 Å². The average molecular weight is 456 g/mol. The maximum atomic E-state index is 13.7. The van der Waals surface area contributed by atoms with Gasteiger partial charge in [0, 0.05) is 17.5 Å². The van der Waals surface area contributed by atoms with E-state index in [-0.39, 0.29) is 23.7 Å². The Labute approximate surface area is 188 Å². The molecule has 0 bridgehead atoms. The third-order valence-electron chi connectivity index (χ3n) is 7.34. The molecule has 1 N–H and O–H groups in total. The second-order valence-corrected chi connectivity index (χ2v) is 9.43. The summed E-state index contributed by atoms with van der Waals surface area (Å²) in [7, 11) is 0. The van der Waals surface area contributed by atoms with Crippen LogP contribution in [0.3, 0.4) is 0 Å². The van der Waals surface area contributed by atoms with Gasteiger partial charge in [-0.1, -0.05) is 0 Å². The SMILES string of the molecule is O=C(Nc1cnn(C(F)F)c1)C(C1CC1)C1[C@H]2CC(Oc3ccnc4ccc(F)cc34)C[C@@H]12. The molecule has 6 nitrogen and oxygen atoms in total. The van der Waals surface area contributed by atoms with Gasteiger partial charge in [-0.15, -0.1) is 0 Å². The molecule has 6 rings (SSSR count). The van der Waals surface area contributed by atoms with E-state index in [1.54, 1.807) is 18.3 Å². The van der Waals surface area contributed by atoms with E-state index < -0.39 is 6.55 Å². The summed E-state index contributed by atoms with van der Waals surface area (Å²) in [5, 5.41) is 7.05. The Hall–Kier alpha value is -3.10. The van der Waals surface area contributed by atoms with Crippen molar-refractivity contribution in [3.05, 3.63) is 48.7 Å². The molecule has 9 heteroatoms. The Morgan fingerprint density at radius 3 is 2.67 bits per heavy atom. The minimum atomic E-state index is -2.73. The first kappa shape index (κ1) is 20.5. The fraction of sp³-hybridized carbons (Fsp3) is 0.458. The molecule has 0 saturated heterocycles. The van der Waals surface area contributed by atoms with Gasteiger partial charge in [-0.25, -0.2) is 9.07 Å². The van der Waals surface area contributed by atoms with Crippen molar-refractivity contribution in [1.29, 1.82) is 0 Å². The van der Waals surface area contributed by atoms with E-state index in [0.717, 1.165) is 31.9 Å². The van der Waals surface area contributed by atoms with Crippen LogP contribution >= 0.6 is 0 Å².